The average Bonchev–Trinajstić information content (AvgIpc) is 2.60. The summed E-state index contributed by atoms with van der Waals surface area (Å²) >= 11 is 5.95. The van der Waals surface area contributed by atoms with E-state index in [2.05, 4.69) is 9.97 Å². The molecule has 0 amide bonds. The lowest BCUT2D eigenvalue weighted by Gasteiger charge is -2.36. The quantitative estimate of drug-likeness (QED) is 0.683. The zero-order valence-electron chi connectivity index (χ0n) is 13.6. The highest BCUT2D eigenvalue weighted by molar-refractivity contribution is 6.33. The monoisotopic (exact) mass is 410 g/mol. The van der Waals surface area contributed by atoms with Gasteiger partial charge in [-0.2, -0.15) is 26.3 Å². The zero-order valence-corrected chi connectivity index (χ0v) is 14.4. The number of halogens is 7. The number of anilines is 2. The Kier molecular flexibility index (Phi) is 5.11. The second-order valence-electron chi connectivity index (χ2n) is 5.90. The number of hydrogen-bond donors (Lipinski definition) is 0. The van der Waals surface area contributed by atoms with E-state index in [1.807, 2.05) is 0 Å². The van der Waals surface area contributed by atoms with Gasteiger partial charge < -0.3 is 9.80 Å². The van der Waals surface area contributed by atoms with Gasteiger partial charge in [-0.1, -0.05) is 11.6 Å². The van der Waals surface area contributed by atoms with E-state index in [0.717, 1.165) is 24.5 Å². The van der Waals surface area contributed by atoms with Crippen LogP contribution in [0.2, 0.25) is 5.02 Å². The van der Waals surface area contributed by atoms with Crippen molar-refractivity contribution >= 4 is 23.2 Å². The van der Waals surface area contributed by atoms with Crippen LogP contribution in [0.5, 0.6) is 0 Å². The molecule has 0 spiro atoms. The lowest BCUT2D eigenvalue weighted by molar-refractivity contribution is -0.138. The summed E-state index contributed by atoms with van der Waals surface area (Å²) in [6.45, 7) is 1.61. The van der Waals surface area contributed by atoms with E-state index in [1.54, 1.807) is 9.80 Å². The van der Waals surface area contributed by atoms with Gasteiger partial charge in [0, 0.05) is 38.6 Å². The largest absolute Gasteiger partial charge is 0.417 e. The molecule has 146 valence electrons. The van der Waals surface area contributed by atoms with Crippen molar-refractivity contribution in [1.29, 1.82) is 0 Å². The number of hydrogen-bond acceptors (Lipinski definition) is 4. The number of nitrogens with zero attached hydrogens (tertiary/aromatic N) is 4. The molecule has 0 aliphatic carbocycles. The third-order valence-corrected chi connectivity index (χ3v) is 4.41. The fraction of sp³-hybridized carbons (Fsp3) is 0.375. The molecule has 3 heterocycles. The smallest absolute Gasteiger partial charge is 0.353 e. The predicted octanol–water partition coefficient (Wildman–Crippen LogP) is 4.49. The normalized spacial score (nSPS) is 16.0. The molecule has 3 rings (SSSR count). The first-order valence-electron chi connectivity index (χ1n) is 7.81. The third-order valence-electron chi connectivity index (χ3n) is 4.13. The first-order chi connectivity index (χ1) is 12.6. The second kappa shape index (κ2) is 7.06. The summed E-state index contributed by atoms with van der Waals surface area (Å²) in [6.07, 6.45) is -7.47. The maximum atomic E-state index is 12.7. The van der Waals surface area contributed by atoms with Crippen molar-refractivity contribution in [2.45, 2.75) is 12.4 Å². The Hall–Kier alpha value is -2.23. The van der Waals surface area contributed by atoms with Crippen molar-refractivity contribution in [3.8, 4) is 0 Å². The van der Waals surface area contributed by atoms with Gasteiger partial charge in [-0.05, 0) is 18.2 Å². The molecule has 0 aromatic carbocycles. The van der Waals surface area contributed by atoms with Gasteiger partial charge in [0.1, 0.15) is 11.6 Å². The van der Waals surface area contributed by atoms with E-state index >= 15 is 0 Å². The number of pyridine rings is 2. The van der Waals surface area contributed by atoms with E-state index in [4.69, 9.17) is 11.6 Å². The summed E-state index contributed by atoms with van der Waals surface area (Å²) in [4.78, 5) is 11.2. The summed E-state index contributed by atoms with van der Waals surface area (Å²) in [5.74, 6) is 0.638. The standard InChI is InChI=1S/C16H13ClF6N4/c17-12-7-11(16(21,22)23)9-25-14(12)27-5-3-26(4-6-27)13-2-1-10(8-24-13)15(18,19)20/h1-2,7-9H,3-6H2. The molecule has 0 N–H and O–H groups in total. The third kappa shape index (κ3) is 4.37. The van der Waals surface area contributed by atoms with E-state index in [9.17, 15) is 26.3 Å². The number of aromatic nitrogens is 2. The molecule has 1 aliphatic heterocycles. The second-order valence-corrected chi connectivity index (χ2v) is 6.31. The Morgan fingerprint density at radius 3 is 1.81 bits per heavy atom. The Morgan fingerprint density at radius 2 is 1.33 bits per heavy atom. The van der Waals surface area contributed by atoms with E-state index in [0.29, 0.717) is 32.0 Å². The summed E-state index contributed by atoms with van der Waals surface area (Å²) in [6, 6.07) is 3.08. The minimum atomic E-state index is -4.53. The molecule has 0 radical (unpaired) electrons. The van der Waals surface area contributed by atoms with Gasteiger partial charge in [0.05, 0.1) is 16.1 Å². The molecule has 2 aromatic heterocycles. The highest BCUT2D eigenvalue weighted by Gasteiger charge is 2.33. The topological polar surface area (TPSA) is 32.3 Å². The lowest BCUT2D eigenvalue weighted by Crippen LogP contribution is -2.47. The van der Waals surface area contributed by atoms with Crippen LogP contribution in [0.25, 0.3) is 0 Å². The van der Waals surface area contributed by atoms with Crippen LogP contribution in [0.3, 0.4) is 0 Å². The number of alkyl halides is 6. The molecular formula is C16H13ClF6N4. The van der Waals surface area contributed by atoms with Crippen LogP contribution in [0.1, 0.15) is 11.1 Å². The molecule has 0 saturated carbocycles. The minimum Gasteiger partial charge on any atom is -0.353 e. The molecule has 0 bridgehead atoms. The van der Waals surface area contributed by atoms with Crippen LogP contribution >= 0.6 is 11.6 Å². The maximum Gasteiger partial charge on any atom is 0.417 e. The van der Waals surface area contributed by atoms with Crippen molar-refractivity contribution in [3.63, 3.8) is 0 Å². The fourth-order valence-electron chi connectivity index (χ4n) is 2.71. The average molecular weight is 411 g/mol. The highest BCUT2D eigenvalue weighted by atomic mass is 35.5. The summed E-state index contributed by atoms with van der Waals surface area (Å²) in [7, 11) is 0. The Morgan fingerprint density at radius 1 is 0.778 bits per heavy atom. The van der Waals surface area contributed by atoms with Crippen molar-refractivity contribution < 1.29 is 26.3 Å². The molecule has 4 nitrogen and oxygen atoms in total. The summed E-state index contributed by atoms with van der Waals surface area (Å²) < 4.78 is 75.8. The minimum absolute atomic E-state index is 0.106. The Labute approximate surface area is 155 Å². The van der Waals surface area contributed by atoms with Crippen LogP contribution < -0.4 is 9.80 Å². The van der Waals surface area contributed by atoms with Gasteiger partial charge in [0.15, 0.2) is 0 Å². The van der Waals surface area contributed by atoms with Crippen LogP contribution in [-0.4, -0.2) is 36.1 Å². The molecule has 1 saturated heterocycles. The Bertz CT molecular complexity index is 798. The maximum absolute atomic E-state index is 12.7. The highest BCUT2D eigenvalue weighted by Crippen LogP contribution is 2.34. The molecule has 0 unspecified atom stereocenters. The van der Waals surface area contributed by atoms with Gasteiger partial charge in [0.25, 0.3) is 0 Å². The van der Waals surface area contributed by atoms with Gasteiger partial charge in [-0.25, -0.2) is 9.97 Å². The predicted molar refractivity (Wildman–Crippen MR) is 87.9 cm³/mol. The fourth-order valence-corrected chi connectivity index (χ4v) is 2.99. The van der Waals surface area contributed by atoms with Gasteiger partial charge in [-0.3, -0.25) is 0 Å². The number of rotatable bonds is 2. The lowest BCUT2D eigenvalue weighted by atomic mass is 10.2. The van der Waals surface area contributed by atoms with Crippen LogP contribution in [0.15, 0.2) is 30.6 Å². The van der Waals surface area contributed by atoms with Gasteiger partial charge in [-0.15, -0.1) is 0 Å². The van der Waals surface area contributed by atoms with Crippen LogP contribution in [0, 0.1) is 0 Å². The van der Waals surface area contributed by atoms with Crippen molar-refractivity contribution in [2.24, 2.45) is 0 Å². The molecule has 11 heteroatoms. The molecule has 2 aromatic rings. The molecule has 1 aliphatic rings. The van der Waals surface area contributed by atoms with E-state index in [-0.39, 0.29) is 10.8 Å². The summed E-state index contributed by atoms with van der Waals surface area (Å²) in [5.41, 5.74) is -1.76. The molecule has 0 atom stereocenters. The molecule has 1 fully saturated rings. The number of piperazine rings is 1. The van der Waals surface area contributed by atoms with Crippen LogP contribution in [0.4, 0.5) is 38.0 Å². The Balaban J connectivity index is 1.67. The first-order valence-corrected chi connectivity index (χ1v) is 8.19. The van der Waals surface area contributed by atoms with Crippen LogP contribution in [-0.2, 0) is 12.4 Å². The van der Waals surface area contributed by atoms with Gasteiger partial charge in [0.2, 0.25) is 0 Å². The van der Waals surface area contributed by atoms with E-state index < -0.39 is 23.5 Å². The molecular weight excluding hydrogens is 398 g/mol. The van der Waals surface area contributed by atoms with Crippen molar-refractivity contribution in [2.75, 3.05) is 36.0 Å². The SMILES string of the molecule is FC(F)(F)c1ccc(N2CCN(c3ncc(C(F)(F)F)cc3Cl)CC2)nc1. The first kappa shape index (κ1) is 19.5. The van der Waals surface area contributed by atoms with Crippen molar-refractivity contribution in [1.82, 2.24) is 9.97 Å². The molecule has 27 heavy (non-hydrogen) atoms. The van der Waals surface area contributed by atoms with Gasteiger partial charge >= 0.3 is 12.4 Å². The zero-order chi connectivity index (χ0) is 19.8. The van der Waals surface area contributed by atoms with E-state index in [1.165, 1.54) is 6.07 Å². The van der Waals surface area contributed by atoms with Crippen molar-refractivity contribution in [3.05, 3.63) is 46.7 Å². The summed E-state index contributed by atoms with van der Waals surface area (Å²) in [5, 5.41) is -0.106.